The van der Waals surface area contributed by atoms with Crippen LogP contribution in [0.1, 0.15) is 46.4 Å². The number of benzene rings is 2. The SMILES string of the molecule is NC1(C(=O)c2ccc(O)c(O)c2)CCCCC1(N)C(=O)c1ccc(O)c(O)c1. The van der Waals surface area contributed by atoms with Gasteiger partial charge in [0.05, 0.1) is 0 Å². The van der Waals surface area contributed by atoms with Crippen LogP contribution in [0.25, 0.3) is 0 Å². The summed E-state index contributed by atoms with van der Waals surface area (Å²) in [5.74, 6) is -2.99. The van der Waals surface area contributed by atoms with Crippen LogP contribution in [0, 0.1) is 0 Å². The summed E-state index contributed by atoms with van der Waals surface area (Å²) in [6, 6.07) is 7.09. The molecule has 0 bridgehead atoms. The second kappa shape index (κ2) is 6.81. The number of aromatic hydroxyl groups is 4. The quantitative estimate of drug-likeness (QED) is 0.340. The van der Waals surface area contributed by atoms with E-state index < -0.39 is 34.1 Å². The summed E-state index contributed by atoms with van der Waals surface area (Å²) in [6.07, 6.45) is 1.47. The topological polar surface area (TPSA) is 167 Å². The van der Waals surface area contributed by atoms with E-state index >= 15 is 0 Å². The van der Waals surface area contributed by atoms with E-state index in [9.17, 15) is 30.0 Å². The van der Waals surface area contributed by atoms with Gasteiger partial charge in [0.2, 0.25) is 0 Å². The van der Waals surface area contributed by atoms with Crippen LogP contribution in [-0.4, -0.2) is 43.1 Å². The molecular formula is C20H22N2O6. The van der Waals surface area contributed by atoms with Crippen LogP contribution in [0.3, 0.4) is 0 Å². The molecule has 1 aliphatic carbocycles. The highest BCUT2D eigenvalue weighted by Gasteiger charge is 2.57. The third-order valence-corrected chi connectivity index (χ3v) is 5.47. The molecule has 2 aromatic carbocycles. The molecule has 3 rings (SSSR count). The lowest BCUT2D eigenvalue weighted by Gasteiger charge is -2.47. The number of Topliss-reactive ketones (excluding diaryl/α,β-unsaturated/α-hetero) is 2. The molecule has 0 amide bonds. The Balaban J connectivity index is 2.06. The van der Waals surface area contributed by atoms with Crippen molar-refractivity contribution in [1.82, 2.24) is 0 Å². The first-order chi connectivity index (χ1) is 13.1. The molecule has 0 aliphatic heterocycles. The van der Waals surface area contributed by atoms with Gasteiger partial charge in [-0.25, -0.2) is 0 Å². The lowest BCUT2D eigenvalue weighted by molar-refractivity contribution is 0.0586. The molecule has 1 fully saturated rings. The minimum Gasteiger partial charge on any atom is -0.504 e. The maximum absolute atomic E-state index is 13.2. The van der Waals surface area contributed by atoms with Crippen molar-refractivity contribution in [2.75, 3.05) is 0 Å². The van der Waals surface area contributed by atoms with Crippen LogP contribution >= 0.6 is 0 Å². The van der Waals surface area contributed by atoms with Crippen LogP contribution < -0.4 is 11.5 Å². The second-order valence-electron chi connectivity index (χ2n) is 7.22. The second-order valence-corrected chi connectivity index (χ2v) is 7.22. The first kappa shape index (κ1) is 19.7. The molecule has 2 unspecified atom stereocenters. The normalized spacial score (nSPS) is 24.6. The summed E-state index contributed by atoms with van der Waals surface area (Å²) in [5, 5.41) is 38.4. The molecule has 148 valence electrons. The van der Waals surface area contributed by atoms with E-state index in [-0.39, 0.29) is 35.5 Å². The lowest BCUT2D eigenvalue weighted by atomic mass is 9.62. The number of phenolic OH excluding ortho intramolecular Hbond substituents is 4. The Morgan fingerprint density at radius 3 is 1.36 bits per heavy atom. The molecule has 8 nitrogen and oxygen atoms in total. The summed E-state index contributed by atoms with van der Waals surface area (Å²) in [5.41, 5.74) is 9.46. The molecule has 0 radical (unpaired) electrons. The summed E-state index contributed by atoms with van der Waals surface area (Å²) < 4.78 is 0. The third kappa shape index (κ3) is 2.96. The van der Waals surface area contributed by atoms with Gasteiger partial charge in [-0.3, -0.25) is 9.59 Å². The molecule has 8 N–H and O–H groups in total. The fourth-order valence-electron chi connectivity index (χ4n) is 3.73. The van der Waals surface area contributed by atoms with Crippen molar-refractivity contribution in [2.24, 2.45) is 11.5 Å². The van der Waals surface area contributed by atoms with Gasteiger partial charge in [-0.15, -0.1) is 0 Å². The Hall–Kier alpha value is -3.10. The van der Waals surface area contributed by atoms with Gasteiger partial charge in [0.1, 0.15) is 11.1 Å². The van der Waals surface area contributed by atoms with Gasteiger partial charge in [-0.2, -0.15) is 0 Å². The van der Waals surface area contributed by atoms with Crippen LogP contribution in [0.2, 0.25) is 0 Å². The molecule has 0 saturated heterocycles. The largest absolute Gasteiger partial charge is 0.504 e. The van der Waals surface area contributed by atoms with Gasteiger partial charge >= 0.3 is 0 Å². The minimum absolute atomic E-state index is 0.0240. The fraction of sp³-hybridized carbons (Fsp3) is 0.300. The lowest BCUT2D eigenvalue weighted by Crippen LogP contribution is -2.74. The highest BCUT2D eigenvalue weighted by atomic mass is 16.3. The van der Waals surface area contributed by atoms with E-state index in [1.807, 2.05) is 0 Å². The smallest absolute Gasteiger partial charge is 0.185 e. The van der Waals surface area contributed by atoms with E-state index in [1.165, 1.54) is 12.1 Å². The van der Waals surface area contributed by atoms with Crippen LogP contribution in [-0.2, 0) is 0 Å². The third-order valence-electron chi connectivity index (χ3n) is 5.47. The zero-order chi connectivity index (χ0) is 20.7. The number of carbonyl (C=O) groups is 2. The van der Waals surface area contributed by atoms with Crippen molar-refractivity contribution in [2.45, 2.75) is 36.8 Å². The van der Waals surface area contributed by atoms with Gasteiger partial charge in [0, 0.05) is 11.1 Å². The molecule has 2 atom stereocenters. The van der Waals surface area contributed by atoms with Crippen molar-refractivity contribution in [1.29, 1.82) is 0 Å². The van der Waals surface area contributed by atoms with Crippen LogP contribution in [0.15, 0.2) is 36.4 Å². The van der Waals surface area contributed by atoms with Crippen molar-refractivity contribution >= 4 is 11.6 Å². The van der Waals surface area contributed by atoms with E-state index in [1.54, 1.807) is 0 Å². The number of rotatable bonds is 4. The van der Waals surface area contributed by atoms with Crippen molar-refractivity contribution in [3.63, 3.8) is 0 Å². The van der Waals surface area contributed by atoms with Crippen molar-refractivity contribution in [3.8, 4) is 23.0 Å². The van der Waals surface area contributed by atoms with Crippen molar-refractivity contribution in [3.05, 3.63) is 47.5 Å². The van der Waals surface area contributed by atoms with E-state index in [2.05, 4.69) is 0 Å². The van der Waals surface area contributed by atoms with Gasteiger partial charge in [-0.1, -0.05) is 12.8 Å². The monoisotopic (exact) mass is 386 g/mol. The number of phenols is 4. The highest BCUT2D eigenvalue weighted by Crippen LogP contribution is 2.40. The van der Waals surface area contributed by atoms with E-state index in [0.717, 1.165) is 24.3 Å². The van der Waals surface area contributed by atoms with Crippen LogP contribution in [0.5, 0.6) is 23.0 Å². The number of ketones is 2. The highest BCUT2D eigenvalue weighted by molar-refractivity contribution is 6.13. The Morgan fingerprint density at radius 1 is 0.679 bits per heavy atom. The first-order valence-electron chi connectivity index (χ1n) is 8.81. The molecule has 28 heavy (non-hydrogen) atoms. The Morgan fingerprint density at radius 2 is 1.04 bits per heavy atom. The summed E-state index contributed by atoms with van der Waals surface area (Å²) in [4.78, 5) is 26.4. The number of hydrogen-bond donors (Lipinski definition) is 6. The number of carbonyl (C=O) groups excluding carboxylic acids is 2. The zero-order valence-corrected chi connectivity index (χ0v) is 15.1. The number of hydrogen-bond acceptors (Lipinski definition) is 8. The number of nitrogens with two attached hydrogens (primary N) is 2. The summed E-state index contributed by atoms with van der Waals surface area (Å²) >= 11 is 0. The molecule has 1 saturated carbocycles. The molecule has 1 aliphatic rings. The van der Waals surface area contributed by atoms with E-state index in [0.29, 0.717) is 12.8 Å². The predicted octanol–water partition coefficient (Wildman–Crippen LogP) is 1.54. The van der Waals surface area contributed by atoms with Gasteiger partial charge in [0.15, 0.2) is 34.6 Å². The molecule has 8 heteroatoms. The van der Waals surface area contributed by atoms with Gasteiger partial charge < -0.3 is 31.9 Å². The van der Waals surface area contributed by atoms with Gasteiger partial charge in [0.25, 0.3) is 0 Å². The van der Waals surface area contributed by atoms with Crippen LogP contribution in [0.4, 0.5) is 0 Å². The molecule has 0 spiro atoms. The Kier molecular flexibility index (Phi) is 4.78. The molecule has 2 aromatic rings. The van der Waals surface area contributed by atoms with Gasteiger partial charge in [-0.05, 0) is 49.2 Å². The molecule has 0 aromatic heterocycles. The average molecular weight is 386 g/mol. The summed E-state index contributed by atoms with van der Waals surface area (Å²) in [7, 11) is 0. The Bertz CT molecular complexity index is 882. The fourth-order valence-corrected chi connectivity index (χ4v) is 3.73. The van der Waals surface area contributed by atoms with E-state index in [4.69, 9.17) is 11.5 Å². The Labute approximate surface area is 161 Å². The standard InChI is InChI=1S/C20H22N2O6/c21-19(17(27)11-3-5-13(23)15(25)9-11)7-1-2-8-20(19,22)18(28)12-4-6-14(24)16(26)10-12/h3-6,9-10,23-26H,1-2,7-8,21-22H2. The zero-order valence-electron chi connectivity index (χ0n) is 15.1. The average Bonchev–Trinajstić information content (AvgIpc) is 2.67. The molecule has 0 heterocycles. The summed E-state index contributed by atoms with van der Waals surface area (Å²) in [6.45, 7) is 0. The van der Waals surface area contributed by atoms with Crippen molar-refractivity contribution < 1.29 is 30.0 Å². The maximum Gasteiger partial charge on any atom is 0.185 e. The predicted molar refractivity (Wildman–Crippen MR) is 101 cm³/mol. The molecular weight excluding hydrogens is 364 g/mol. The maximum atomic E-state index is 13.2. The minimum atomic E-state index is -1.75. The first-order valence-corrected chi connectivity index (χ1v) is 8.81.